The first-order valence-corrected chi connectivity index (χ1v) is 14.2. The lowest BCUT2D eigenvalue weighted by molar-refractivity contribution is 0.399. The molecule has 1 aliphatic carbocycles. The third-order valence-corrected chi connectivity index (χ3v) is 8.97. The summed E-state index contributed by atoms with van der Waals surface area (Å²) < 4.78 is 42.1. The molecule has 1 N–H and O–H groups in total. The van der Waals surface area contributed by atoms with Crippen LogP contribution >= 0.6 is 0 Å². The van der Waals surface area contributed by atoms with Crippen LogP contribution in [0, 0.1) is 5.95 Å². The van der Waals surface area contributed by atoms with Gasteiger partial charge in [0.15, 0.2) is 4.90 Å². The highest BCUT2D eigenvalue weighted by Crippen LogP contribution is 2.37. The van der Waals surface area contributed by atoms with E-state index in [1.807, 2.05) is 37.3 Å². The molecule has 0 aliphatic heterocycles. The summed E-state index contributed by atoms with van der Waals surface area (Å²) in [4.78, 5) is 21.1. The van der Waals surface area contributed by atoms with E-state index < -0.39 is 38.2 Å². The largest absolute Gasteiger partial charge is 0.492 e. The molecule has 0 radical (unpaired) electrons. The molecule has 0 bridgehead atoms. The highest BCUT2D eigenvalue weighted by atomic mass is 32.2. The predicted octanol–water partition coefficient (Wildman–Crippen LogP) is 5.64. The van der Waals surface area contributed by atoms with Crippen LogP contribution in [0.3, 0.4) is 0 Å². The van der Waals surface area contributed by atoms with Gasteiger partial charge in [-0.25, -0.2) is 13.4 Å². The molecule has 38 heavy (non-hydrogen) atoms. The van der Waals surface area contributed by atoms with E-state index in [0.29, 0.717) is 23.4 Å². The van der Waals surface area contributed by atoms with Gasteiger partial charge in [0.05, 0.1) is 10.9 Å². The summed E-state index contributed by atoms with van der Waals surface area (Å²) in [5, 5.41) is 10.9. The van der Waals surface area contributed by atoms with Gasteiger partial charge in [0, 0.05) is 17.7 Å². The summed E-state index contributed by atoms with van der Waals surface area (Å²) in [7, 11) is -4.41. The van der Waals surface area contributed by atoms with Gasteiger partial charge in [-0.3, -0.25) is 9.36 Å². The number of aromatic hydroxyl groups is 1. The standard InChI is InChI=1S/C29H28FN3O4S/c1-2-24(20-8-4-3-5-9-20)33-27(21-10-6-7-11-21)32-28(34)26(29(33)35)38(36,37)23-15-12-19(13-16-23)22-14-17-25(30)31-18-22/h3-5,8-9,12-18,21,24,34H,2,6-7,10-11H2,1H3. The fourth-order valence-electron chi connectivity index (χ4n) is 5.26. The Morgan fingerprint density at radius 2 is 1.66 bits per heavy atom. The van der Waals surface area contributed by atoms with Gasteiger partial charge >= 0.3 is 0 Å². The lowest BCUT2D eigenvalue weighted by Crippen LogP contribution is -2.34. The van der Waals surface area contributed by atoms with Crippen molar-refractivity contribution in [2.45, 2.75) is 60.8 Å². The number of sulfone groups is 1. The Morgan fingerprint density at radius 3 is 2.26 bits per heavy atom. The summed E-state index contributed by atoms with van der Waals surface area (Å²) in [5.41, 5.74) is 1.33. The quantitative estimate of drug-likeness (QED) is 0.309. The smallest absolute Gasteiger partial charge is 0.277 e. The van der Waals surface area contributed by atoms with Crippen LogP contribution in [0.5, 0.6) is 5.88 Å². The van der Waals surface area contributed by atoms with Crippen LogP contribution in [-0.2, 0) is 9.84 Å². The number of hydrogen-bond donors (Lipinski definition) is 1. The molecule has 196 valence electrons. The van der Waals surface area contributed by atoms with Crippen molar-refractivity contribution < 1.29 is 17.9 Å². The van der Waals surface area contributed by atoms with Gasteiger partial charge in [0.1, 0.15) is 5.82 Å². The monoisotopic (exact) mass is 533 g/mol. The molecule has 2 aromatic carbocycles. The minimum atomic E-state index is -4.41. The Hall–Kier alpha value is -3.85. The molecular weight excluding hydrogens is 505 g/mol. The van der Waals surface area contributed by atoms with Gasteiger partial charge in [0.25, 0.3) is 5.56 Å². The Kier molecular flexibility index (Phi) is 7.12. The maximum atomic E-state index is 14.0. The second-order valence-electron chi connectivity index (χ2n) is 9.51. The van der Waals surface area contributed by atoms with Gasteiger partial charge in [0.2, 0.25) is 21.7 Å². The minimum absolute atomic E-state index is 0.0354. The maximum Gasteiger partial charge on any atom is 0.277 e. The third-order valence-electron chi connectivity index (χ3n) is 7.18. The average Bonchev–Trinajstić information content (AvgIpc) is 3.46. The van der Waals surface area contributed by atoms with Crippen LogP contribution in [0.4, 0.5) is 4.39 Å². The fourth-order valence-corrected chi connectivity index (χ4v) is 6.61. The second-order valence-corrected chi connectivity index (χ2v) is 11.4. The molecule has 4 aromatic rings. The summed E-state index contributed by atoms with van der Waals surface area (Å²) in [6.45, 7) is 1.94. The Bertz CT molecular complexity index is 1600. The molecule has 1 fully saturated rings. The number of benzene rings is 2. The zero-order chi connectivity index (χ0) is 26.9. The van der Waals surface area contributed by atoms with Crippen LogP contribution in [0.25, 0.3) is 11.1 Å². The molecule has 1 atom stereocenters. The minimum Gasteiger partial charge on any atom is -0.492 e. The average molecular weight is 534 g/mol. The van der Waals surface area contributed by atoms with E-state index in [2.05, 4.69) is 9.97 Å². The Balaban J connectivity index is 1.64. The van der Waals surface area contributed by atoms with E-state index in [4.69, 9.17) is 0 Å². The third kappa shape index (κ3) is 4.74. The maximum absolute atomic E-state index is 14.0. The number of aromatic nitrogens is 3. The molecule has 7 nitrogen and oxygen atoms in total. The molecule has 0 amide bonds. The van der Waals surface area contributed by atoms with Crippen molar-refractivity contribution in [2.24, 2.45) is 0 Å². The van der Waals surface area contributed by atoms with Crippen molar-refractivity contribution >= 4 is 9.84 Å². The van der Waals surface area contributed by atoms with Crippen molar-refractivity contribution in [2.75, 3.05) is 0 Å². The van der Waals surface area contributed by atoms with Gasteiger partial charge in [-0.2, -0.15) is 9.37 Å². The summed E-state index contributed by atoms with van der Waals surface area (Å²) in [6, 6.07) is 17.6. The number of hydrogen-bond acceptors (Lipinski definition) is 6. The van der Waals surface area contributed by atoms with Crippen molar-refractivity contribution in [1.29, 1.82) is 0 Å². The molecule has 1 aliphatic rings. The normalized spacial score (nSPS) is 15.0. The highest BCUT2D eigenvalue weighted by molar-refractivity contribution is 7.91. The number of nitrogens with zero attached hydrogens (tertiary/aromatic N) is 3. The van der Waals surface area contributed by atoms with E-state index in [-0.39, 0.29) is 10.8 Å². The van der Waals surface area contributed by atoms with E-state index >= 15 is 0 Å². The van der Waals surface area contributed by atoms with Gasteiger partial charge in [-0.1, -0.05) is 62.2 Å². The molecule has 0 spiro atoms. The lowest BCUT2D eigenvalue weighted by atomic mass is 10.0. The molecule has 1 unspecified atom stereocenters. The summed E-state index contributed by atoms with van der Waals surface area (Å²) in [5.74, 6) is -0.998. The van der Waals surface area contributed by atoms with Crippen molar-refractivity contribution in [3.8, 4) is 17.0 Å². The lowest BCUT2D eigenvalue weighted by Gasteiger charge is -2.25. The van der Waals surface area contributed by atoms with Crippen molar-refractivity contribution in [3.63, 3.8) is 0 Å². The summed E-state index contributed by atoms with van der Waals surface area (Å²) in [6.07, 6.45) is 5.50. The number of pyridine rings is 1. The Labute approximate surface area is 220 Å². The molecule has 2 aromatic heterocycles. The number of halogens is 1. The molecule has 0 saturated heterocycles. The SMILES string of the molecule is CCC(c1ccccc1)n1c(C2CCCC2)nc(O)c(S(=O)(=O)c2ccc(-c3ccc(F)nc3)cc2)c1=O. The second kappa shape index (κ2) is 10.5. The van der Waals surface area contributed by atoms with Crippen LogP contribution in [0.2, 0.25) is 0 Å². The zero-order valence-corrected chi connectivity index (χ0v) is 21.7. The van der Waals surface area contributed by atoms with Crippen LogP contribution in [0.15, 0.2) is 87.5 Å². The molecule has 2 heterocycles. The summed E-state index contributed by atoms with van der Waals surface area (Å²) >= 11 is 0. The molecule has 1 saturated carbocycles. The first-order chi connectivity index (χ1) is 18.3. The fraction of sp³-hybridized carbons (Fsp3) is 0.276. The first kappa shape index (κ1) is 25.8. The Morgan fingerprint density at radius 1 is 1.00 bits per heavy atom. The van der Waals surface area contributed by atoms with Crippen molar-refractivity contribution in [1.82, 2.24) is 14.5 Å². The van der Waals surface area contributed by atoms with Gasteiger partial charge < -0.3 is 5.11 Å². The number of rotatable bonds is 7. The molecular formula is C29H28FN3O4S. The highest BCUT2D eigenvalue weighted by Gasteiger charge is 2.34. The van der Waals surface area contributed by atoms with E-state index in [1.54, 1.807) is 12.1 Å². The van der Waals surface area contributed by atoms with Gasteiger partial charge in [-0.05, 0) is 54.7 Å². The van der Waals surface area contributed by atoms with Crippen LogP contribution in [0.1, 0.15) is 62.4 Å². The van der Waals surface area contributed by atoms with Crippen LogP contribution < -0.4 is 5.56 Å². The van der Waals surface area contributed by atoms with E-state index in [0.717, 1.165) is 31.2 Å². The molecule has 5 rings (SSSR count). The topological polar surface area (TPSA) is 102 Å². The molecule has 9 heteroatoms. The van der Waals surface area contributed by atoms with Crippen LogP contribution in [-0.4, -0.2) is 28.1 Å². The zero-order valence-electron chi connectivity index (χ0n) is 20.9. The van der Waals surface area contributed by atoms with E-state index in [9.17, 15) is 22.7 Å². The first-order valence-electron chi connectivity index (χ1n) is 12.7. The van der Waals surface area contributed by atoms with Crippen molar-refractivity contribution in [3.05, 3.63) is 101 Å². The van der Waals surface area contributed by atoms with E-state index in [1.165, 1.54) is 35.0 Å². The van der Waals surface area contributed by atoms with Gasteiger partial charge in [-0.15, -0.1) is 0 Å². The predicted molar refractivity (Wildman–Crippen MR) is 141 cm³/mol.